The maximum absolute atomic E-state index is 14.2. The third-order valence-corrected chi connectivity index (χ3v) is 5.49. The van der Waals surface area contributed by atoms with E-state index in [0.717, 1.165) is 23.3 Å². The summed E-state index contributed by atoms with van der Waals surface area (Å²) in [6.07, 6.45) is -2.30. The number of aromatic nitrogens is 7. The van der Waals surface area contributed by atoms with Crippen LogP contribution in [0.4, 0.5) is 27.6 Å². The molecule has 1 N–H and O–H groups in total. The van der Waals surface area contributed by atoms with Gasteiger partial charge >= 0.3 is 6.18 Å². The number of rotatable bonds is 5. The Morgan fingerprint density at radius 3 is 2.43 bits per heavy atom. The molecule has 0 saturated carbocycles. The molecular weight excluding hydrogens is 523 g/mol. The molecule has 9 nitrogen and oxygen atoms in total. The van der Waals surface area contributed by atoms with Crippen molar-refractivity contribution in [3.8, 4) is 11.5 Å². The highest BCUT2D eigenvalue weighted by atomic mass is 35.5. The first-order chi connectivity index (χ1) is 17.6. The molecule has 1 amide bonds. The summed E-state index contributed by atoms with van der Waals surface area (Å²) in [4.78, 5) is 22.0. The molecule has 5 aromatic rings. The van der Waals surface area contributed by atoms with Crippen molar-refractivity contribution in [2.75, 3.05) is 5.32 Å². The zero-order chi connectivity index (χ0) is 26.3. The number of alkyl halides is 5. The van der Waals surface area contributed by atoms with E-state index in [9.17, 15) is 26.7 Å². The van der Waals surface area contributed by atoms with E-state index < -0.39 is 35.3 Å². The van der Waals surface area contributed by atoms with Crippen LogP contribution in [0, 0.1) is 0 Å². The lowest BCUT2D eigenvalue weighted by Crippen LogP contribution is -2.21. The predicted molar refractivity (Wildman–Crippen MR) is 121 cm³/mol. The lowest BCUT2D eigenvalue weighted by molar-refractivity contribution is -0.143. The zero-order valence-corrected chi connectivity index (χ0v) is 18.9. The Labute approximate surface area is 208 Å². The predicted octanol–water partition coefficient (Wildman–Crippen LogP) is 5.26. The van der Waals surface area contributed by atoms with Gasteiger partial charge < -0.3 is 5.32 Å². The Hall–Kier alpha value is -4.46. The number of benzene rings is 1. The number of anilines is 1. The second-order valence-corrected chi connectivity index (χ2v) is 7.90. The van der Waals surface area contributed by atoms with Crippen LogP contribution in [0.2, 0.25) is 5.02 Å². The van der Waals surface area contributed by atoms with Crippen molar-refractivity contribution in [3.05, 3.63) is 83.2 Å². The van der Waals surface area contributed by atoms with Crippen LogP contribution in [0.3, 0.4) is 0 Å². The van der Waals surface area contributed by atoms with Crippen molar-refractivity contribution >= 4 is 34.1 Å². The van der Waals surface area contributed by atoms with Gasteiger partial charge in [0.05, 0.1) is 52.3 Å². The number of nitrogens with one attached hydrogen (secondary N) is 1. The topological polar surface area (TPSA) is 103 Å². The van der Waals surface area contributed by atoms with Gasteiger partial charge in [-0.15, -0.1) is 4.80 Å². The van der Waals surface area contributed by atoms with Gasteiger partial charge in [-0.25, -0.2) is 18.4 Å². The summed E-state index contributed by atoms with van der Waals surface area (Å²) in [6, 6.07) is 6.19. The van der Waals surface area contributed by atoms with Crippen LogP contribution in [0.15, 0.2) is 61.3 Å². The third kappa shape index (κ3) is 4.46. The number of carbonyl (C=O) groups is 1. The number of hydrogen-bond acceptors (Lipinski definition) is 6. The molecule has 0 fully saturated rings. The van der Waals surface area contributed by atoms with Gasteiger partial charge in [-0.1, -0.05) is 17.7 Å². The molecular formula is C22H12ClF5N8O. The molecule has 0 spiro atoms. The minimum atomic E-state index is -5.08. The number of halogens is 6. The van der Waals surface area contributed by atoms with Crippen molar-refractivity contribution < 1.29 is 26.7 Å². The molecule has 0 aliphatic rings. The van der Waals surface area contributed by atoms with E-state index in [0.29, 0.717) is 10.9 Å². The Bertz CT molecular complexity index is 1610. The first kappa shape index (κ1) is 24.2. The molecule has 0 aliphatic heterocycles. The smallest absolute Gasteiger partial charge is 0.320 e. The Kier molecular flexibility index (Phi) is 6.03. The number of fused-ring (bicyclic) bond motifs is 1. The normalized spacial score (nSPS) is 11.9. The van der Waals surface area contributed by atoms with Crippen LogP contribution in [0.1, 0.15) is 28.0 Å². The summed E-state index contributed by atoms with van der Waals surface area (Å²) >= 11 is 6.16. The molecule has 4 aromatic heterocycles. The van der Waals surface area contributed by atoms with Gasteiger partial charge in [-0.05, 0) is 24.3 Å². The molecule has 5 rings (SSSR count). The number of amides is 1. The molecule has 4 heterocycles. The first-order valence-electron chi connectivity index (χ1n) is 10.3. The van der Waals surface area contributed by atoms with E-state index in [1.807, 2.05) is 0 Å². The van der Waals surface area contributed by atoms with Crippen LogP contribution < -0.4 is 5.32 Å². The van der Waals surface area contributed by atoms with Crippen molar-refractivity contribution in [1.29, 1.82) is 0 Å². The standard InChI is InChI=1S/C22H12ClF5N8O/c23-14-8-11(9-30-20(14)36-31-6-7-32-36)34-21(37)13-10-33-35(18(13)22(26,27)28)16-3-1-2-15-17(16)12(19(24)25)4-5-29-15/h1-10,19H,(H,34,37). The molecule has 37 heavy (non-hydrogen) atoms. The molecule has 0 unspecified atom stereocenters. The molecule has 0 aliphatic carbocycles. The highest BCUT2D eigenvalue weighted by Crippen LogP contribution is 2.37. The summed E-state index contributed by atoms with van der Waals surface area (Å²) < 4.78 is 70.4. The highest BCUT2D eigenvalue weighted by molar-refractivity contribution is 6.32. The third-order valence-electron chi connectivity index (χ3n) is 5.21. The zero-order valence-electron chi connectivity index (χ0n) is 18.2. The van der Waals surface area contributed by atoms with E-state index in [2.05, 4.69) is 30.6 Å². The maximum Gasteiger partial charge on any atom is 0.434 e. The van der Waals surface area contributed by atoms with Gasteiger partial charge in [0.2, 0.25) is 0 Å². The van der Waals surface area contributed by atoms with Crippen molar-refractivity contribution in [2.45, 2.75) is 12.6 Å². The Balaban J connectivity index is 1.57. The number of nitrogens with zero attached hydrogens (tertiary/aromatic N) is 7. The molecule has 1 aromatic carbocycles. The van der Waals surface area contributed by atoms with Gasteiger partial charge in [-0.2, -0.15) is 28.5 Å². The van der Waals surface area contributed by atoms with Crippen molar-refractivity contribution in [1.82, 2.24) is 34.7 Å². The second kappa shape index (κ2) is 9.20. The van der Waals surface area contributed by atoms with E-state index >= 15 is 0 Å². The fraction of sp³-hybridized carbons (Fsp3) is 0.0909. The van der Waals surface area contributed by atoms with Crippen LogP contribution in [-0.4, -0.2) is 40.6 Å². The van der Waals surface area contributed by atoms with Gasteiger partial charge in [0.25, 0.3) is 12.3 Å². The molecule has 0 saturated heterocycles. The summed E-state index contributed by atoms with van der Waals surface area (Å²) in [5.41, 5.74) is -3.12. The van der Waals surface area contributed by atoms with Crippen LogP contribution >= 0.6 is 11.6 Å². The summed E-state index contributed by atoms with van der Waals surface area (Å²) in [5.74, 6) is -1.04. The average molecular weight is 535 g/mol. The fourth-order valence-corrected chi connectivity index (χ4v) is 3.95. The minimum absolute atomic E-state index is 0.0128. The van der Waals surface area contributed by atoms with Gasteiger partial charge in [0, 0.05) is 17.1 Å². The first-order valence-corrected chi connectivity index (χ1v) is 10.7. The summed E-state index contributed by atoms with van der Waals surface area (Å²) in [5, 5.41) is 13.6. The molecule has 188 valence electrons. The molecule has 0 atom stereocenters. The summed E-state index contributed by atoms with van der Waals surface area (Å²) in [7, 11) is 0. The van der Waals surface area contributed by atoms with Crippen molar-refractivity contribution in [3.63, 3.8) is 0 Å². The van der Waals surface area contributed by atoms with E-state index in [-0.39, 0.29) is 33.1 Å². The van der Waals surface area contributed by atoms with Gasteiger partial charge in [0.15, 0.2) is 11.5 Å². The quantitative estimate of drug-likeness (QED) is 0.309. The SMILES string of the molecule is O=C(Nc1cnc(-n2nccn2)c(Cl)c1)c1cnn(-c2cccc3nccc(C(F)F)c23)c1C(F)(F)F. The second-order valence-electron chi connectivity index (χ2n) is 7.49. The summed E-state index contributed by atoms with van der Waals surface area (Å²) in [6.45, 7) is 0. The van der Waals surface area contributed by atoms with E-state index in [1.54, 1.807) is 0 Å². The monoisotopic (exact) mass is 534 g/mol. The fourth-order valence-electron chi connectivity index (χ4n) is 3.71. The lowest BCUT2D eigenvalue weighted by atomic mass is 10.1. The van der Waals surface area contributed by atoms with Gasteiger partial charge in [-0.3, -0.25) is 9.78 Å². The van der Waals surface area contributed by atoms with E-state index in [4.69, 9.17) is 11.6 Å². The van der Waals surface area contributed by atoms with E-state index in [1.165, 1.54) is 36.7 Å². The molecule has 0 bridgehead atoms. The molecule has 0 radical (unpaired) electrons. The largest absolute Gasteiger partial charge is 0.434 e. The average Bonchev–Trinajstić information content (AvgIpc) is 3.54. The van der Waals surface area contributed by atoms with Crippen LogP contribution in [0.5, 0.6) is 0 Å². The molecule has 15 heteroatoms. The van der Waals surface area contributed by atoms with Crippen LogP contribution in [0.25, 0.3) is 22.4 Å². The highest BCUT2D eigenvalue weighted by Gasteiger charge is 2.41. The Morgan fingerprint density at radius 1 is 1.00 bits per heavy atom. The van der Waals surface area contributed by atoms with Crippen LogP contribution in [-0.2, 0) is 6.18 Å². The number of carbonyl (C=O) groups excluding carboxylic acids is 1. The lowest BCUT2D eigenvalue weighted by Gasteiger charge is -2.16. The van der Waals surface area contributed by atoms with Gasteiger partial charge in [0.1, 0.15) is 0 Å². The van der Waals surface area contributed by atoms with Crippen molar-refractivity contribution in [2.24, 2.45) is 0 Å². The minimum Gasteiger partial charge on any atom is -0.320 e. The Morgan fingerprint density at radius 2 is 1.76 bits per heavy atom. The maximum atomic E-state index is 14.2. The number of hydrogen-bond donors (Lipinski definition) is 1. The number of pyridine rings is 2.